The molecule has 102 valence electrons. The maximum absolute atomic E-state index is 13.6. The van der Waals surface area contributed by atoms with E-state index in [9.17, 15) is 9.50 Å². The van der Waals surface area contributed by atoms with Gasteiger partial charge in [-0.05, 0) is 30.2 Å². The van der Waals surface area contributed by atoms with E-state index in [-0.39, 0.29) is 12.2 Å². The third-order valence-electron chi connectivity index (χ3n) is 3.46. The Kier molecular flexibility index (Phi) is 3.28. The number of rotatable bonds is 3. The Labute approximate surface area is 116 Å². The molecule has 3 heteroatoms. The minimum Gasteiger partial charge on any atom is -0.458 e. The number of furan rings is 1. The molecule has 0 spiro atoms. The zero-order valence-corrected chi connectivity index (χ0v) is 11.1. The molecule has 2 nitrogen and oxygen atoms in total. The molecule has 0 bridgehead atoms. The number of aliphatic hydroxyl groups is 1. The molecule has 3 aromatic rings. The first kappa shape index (κ1) is 12.9. The Bertz CT molecular complexity index is 746. The lowest BCUT2D eigenvalue weighted by Crippen LogP contribution is -2.02. The molecule has 0 radical (unpaired) electrons. The van der Waals surface area contributed by atoms with Gasteiger partial charge < -0.3 is 9.52 Å². The van der Waals surface area contributed by atoms with Gasteiger partial charge in [0.1, 0.15) is 23.3 Å². The predicted octanol–water partition coefficient (Wildman–Crippen LogP) is 4.16. The number of benzene rings is 2. The lowest BCUT2D eigenvalue weighted by Gasteiger charge is -2.08. The first-order valence-corrected chi connectivity index (χ1v) is 6.55. The van der Waals surface area contributed by atoms with Crippen molar-refractivity contribution in [1.82, 2.24) is 0 Å². The molecule has 0 aliphatic rings. The van der Waals surface area contributed by atoms with Crippen LogP contribution >= 0.6 is 0 Å². The molecule has 1 aromatic heterocycles. The summed E-state index contributed by atoms with van der Waals surface area (Å²) in [4.78, 5) is 0. The van der Waals surface area contributed by atoms with E-state index in [4.69, 9.17) is 4.42 Å². The number of fused-ring (bicyclic) bond motifs is 1. The van der Waals surface area contributed by atoms with Crippen LogP contribution in [0, 0.1) is 12.7 Å². The lowest BCUT2D eigenvalue weighted by atomic mass is 10.1. The topological polar surface area (TPSA) is 33.4 Å². The van der Waals surface area contributed by atoms with Crippen molar-refractivity contribution in [3.8, 4) is 0 Å². The van der Waals surface area contributed by atoms with Gasteiger partial charge >= 0.3 is 0 Å². The number of hydrogen-bond donors (Lipinski definition) is 1. The van der Waals surface area contributed by atoms with Crippen LogP contribution in [0.3, 0.4) is 0 Å². The number of para-hydroxylation sites is 1. The highest BCUT2D eigenvalue weighted by molar-refractivity contribution is 5.80. The van der Waals surface area contributed by atoms with Gasteiger partial charge in [-0.1, -0.05) is 36.4 Å². The Morgan fingerprint density at radius 1 is 1.15 bits per heavy atom. The molecule has 20 heavy (non-hydrogen) atoms. The Morgan fingerprint density at radius 2 is 1.95 bits per heavy atom. The fraction of sp³-hybridized carbons (Fsp3) is 0.176. The van der Waals surface area contributed by atoms with Crippen molar-refractivity contribution >= 4 is 11.0 Å². The quantitative estimate of drug-likeness (QED) is 0.775. The van der Waals surface area contributed by atoms with E-state index in [0.717, 1.165) is 16.5 Å². The highest BCUT2D eigenvalue weighted by Gasteiger charge is 2.16. The average molecular weight is 270 g/mol. The molecule has 0 aliphatic heterocycles. The van der Waals surface area contributed by atoms with Crippen LogP contribution in [0.25, 0.3) is 11.0 Å². The predicted molar refractivity (Wildman–Crippen MR) is 76.0 cm³/mol. The third kappa shape index (κ3) is 2.32. The van der Waals surface area contributed by atoms with E-state index < -0.39 is 6.10 Å². The smallest absolute Gasteiger partial charge is 0.137 e. The van der Waals surface area contributed by atoms with Crippen LogP contribution in [0.2, 0.25) is 0 Å². The van der Waals surface area contributed by atoms with Crippen molar-refractivity contribution in [3.05, 3.63) is 71.2 Å². The maximum Gasteiger partial charge on any atom is 0.137 e. The number of aryl methyl sites for hydroxylation is 1. The molecule has 1 unspecified atom stereocenters. The summed E-state index contributed by atoms with van der Waals surface area (Å²) in [6.45, 7) is 1.96. The molecule has 3 rings (SSSR count). The van der Waals surface area contributed by atoms with Crippen molar-refractivity contribution in [2.75, 3.05) is 0 Å². The second kappa shape index (κ2) is 5.10. The molecule has 0 fully saturated rings. The first-order chi connectivity index (χ1) is 9.65. The number of hydrogen-bond acceptors (Lipinski definition) is 2. The van der Waals surface area contributed by atoms with Crippen LogP contribution in [-0.2, 0) is 6.42 Å². The van der Waals surface area contributed by atoms with Crippen molar-refractivity contribution in [2.24, 2.45) is 0 Å². The Hall–Kier alpha value is -2.13. The molecule has 1 heterocycles. The highest BCUT2D eigenvalue weighted by Crippen LogP contribution is 2.28. The molecule has 2 aromatic carbocycles. The fourth-order valence-electron chi connectivity index (χ4n) is 2.37. The fourth-order valence-corrected chi connectivity index (χ4v) is 2.37. The summed E-state index contributed by atoms with van der Waals surface area (Å²) in [5, 5.41) is 11.2. The normalized spacial score (nSPS) is 12.8. The molecule has 1 N–H and O–H groups in total. The van der Waals surface area contributed by atoms with Crippen LogP contribution < -0.4 is 0 Å². The maximum atomic E-state index is 13.6. The van der Waals surface area contributed by atoms with E-state index in [1.54, 1.807) is 18.2 Å². The van der Waals surface area contributed by atoms with E-state index in [1.165, 1.54) is 6.07 Å². The molecule has 1 atom stereocenters. The molecule has 0 saturated carbocycles. The second-order valence-electron chi connectivity index (χ2n) is 4.95. The van der Waals surface area contributed by atoms with Crippen LogP contribution in [0.15, 0.2) is 52.9 Å². The van der Waals surface area contributed by atoms with Crippen LogP contribution in [0.1, 0.15) is 23.0 Å². The van der Waals surface area contributed by atoms with Crippen molar-refractivity contribution in [3.63, 3.8) is 0 Å². The monoisotopic (exact) mass is 270 g/mol. The minimum absolute atomic E-state index is 0.200. The van der Waals surface area contributed by atoms with Gasteiger partial charge in [0.2, 0.25) is 0 Å². The Morgan fingerprint density at radius 3 is 2.70 bits per heavy atom. The summed E-state index contributed by atoms with van der Waals surface area (Å²) >= 11 is 0. The van der Waals surface area contributed by atoms with Gasteiger partial charge in [0.25, 0.3) is 0 Å². The summed E-state index contributed by atoms with van der Waals surface area (Å²) in [5.74, 6) is 0.163. The van der Waals surface area contributed by atoms with Gasteiger partial charge in [0.05, 0.1) is 0 Å². The molecular weight excluding hydrogens is 255 g/mol. The van der Waals surface area contributed by atoms with E-state index in [0.29, 0.717) is 11.3 Å². The SMILES string of the molecule is Cc1cccc2cc(C(O)Cc3ccccc3F)oc12. The first-order valence-electron chi connectivity index (χ1n) is 6.55. The largest absolute Gasteiger partial charge is 0.458 e. The summed E-state index contributed by atoms with van der Waals surface area (Å²) in [5.41, 5.74) is 2.28. The summed E-state index contributed by atoms with van der Waals surface area (Å²) in [6, 6.07) is 14.1. The number of aliphatic hydroxyl groups excluding tert-OH is 1. The summed E-state index contributed by atoms with van der Waals surface area (Å²) in [7, 11) is 0. The van der Waals surface area contributed by atoms with Crippen molar-refractivity contribution < 1.29 is 13.9 Å². The minimum atomic E-state index is -0.848. The third-order valence-corrected chi connectivity index (χ3v) is 3.46. The molecular formula is C17H15FO2. The van der Waals surface area contributed by atoms with Crippen molar-refractivity contribution in [1.29, 1.82) is 0 Å². The van der Waals surface area contributed by atoms with Crippen molar-refractivity contribution in [2.45, 2.75) is 19.4 Å². The standard InChI is InChI=1S/C17H15FO2/c1-11-5-4-7-13-10-16(20-17(11)13)15(19)9-12-6-2-3-8-14(12)18/h2-8,10,15,19H,9H2,1H3. The lowest BCUT2D eigenvalue weighted by molar-refractivity contribution is 0.151. The summed E-state index contributed by atoms with van der Waals surface area (Å²) in [6.07, 6.45) is -0.648. The van der Waals surface area contributed by atoms with Gasteiger partial charge in [-0.2, -0.15) is 0 Å². The van der Waals surface area contributed by atoms with Gasteiger partial charge in [-0.15, -0.1) is 0 Å². The Balaban J connectivity index is 1.91. The van der Waals surface area contributed by atoms with Crippen LogP contribution in [0.4, 0.5) is 4.39 Å². The zero-order chi connectivity index (χ0) is 14.1. The van der Waals surface area contributed by atoms with E-state index in [2.05, 4.69) is 0 Å². The molecule has 0 saturated heterocycles. The van der Waals surface area contributed by atoms with Crippen LogP contribution in [0.5, 0.6) is 0 Å². The molecule has 0 aliphatic carbocycles. The summed E-state index contributed by atoms with van der Waals surface area (Å²) < 4.78 is 19.3. The highest BCUT2D eigenvalue weighted by atomic mass is 19.1. The van der Waals surface area contributed by atoms with Gasteiger partial charge in [-0.3, -0.25) is 0 Å². The van der Waals surface area contributed by atoms with Gasteiger partial charge in [0, 0.05) is 11.8 Å². The average Bonchev–Trinajstić information content (AvgIpc) is 2.87. The number of halogens is 1. The van der Waals surface area contributed by atoms with E-state index in [1.807, 2.05) is 31.2 Å². The zero-order valence-electron chi connectivity index (χ0n) is 11.1. The van der Waals surface area contributed by atoms with Gasteiger partial charge in [-0.25, -0.2) is 4.39 Å². The van der Waals surface area contributed by atoms with Crippen LogP contribution in [-0.4, -0.2) is 5.11 Å². The van der Waals surface area contributed by atoms with Gasteiger partial charge in [0.15, 0.2) is 0 Å². The molecule has 0 amide bonds. The second-order valence-corrected chi connectivity index (χ2v) is 4.95. The van der Waals surface area contributed by atoms with E-state index >= 15 is 0 Å².